The fourth-order valence-electron chi connectivity index (χ4n) is 3.91. The van der Waals surface area contributed by atoms with E-state index in [1.54, 1.807) is 0 Å². The number of rotatable bonds is 7. The highest BCUT2D eigenvalue weighted by Gasteiger charge is 2.40. The SMILES string of the molecule is C=CC1=CC=CC(CCCC)(Cn2ccnc2)C1c1ccccc1.Cl. The Kier molecular flexibility index (Phi) is 6.83. The van der Waals surface area contributed by atoms with Crippen molar-refractivity contribution in [2.75, 3.05) is 0 Å². The van der Waals surface area contributed by atoms with Gasteiger partial charge in [-0.15, -0.1) is 12.4 Å². The zero-order valence-electron chi connectivity index (χ0n) is 14.8. The predicted molar refractivity (Wildman–Crippen MR) is 108 cm³/mol. The first kappa shape index (κ1) is 19.3. The van der Waals surface area contributed by atoms with Gasteiger partial charge in [0.1, 0.15) is 0 Å². The second-order valence-corrected chi connectivity index (χ2v) is 6.65. The van der Waals surface area contributed by atoms with Crippen molar-refractivity contribution in [2.45, 2.75) is 38.6 Å². The first-order chi connectivity index (χ1) is 11.8. The molecule has 0 aliphatic heterocycles. The van der Waals surface area contributed by atoms with E-state index in [0.717, 1.165) is 13.0 Å². The normalized spacial score (nSPS) is 22.1. The van der Waals surface area contributed by atoms with Crippen molar-refractivity contribution >= 4 is 12.4 Å². The number of nitrogens with zero attached hydrogens (tertiary/aromatic N) is 2. The highest BCUT2D eigenvalue weighted by molar-refractivity contribution is 5.85. The molecule has 0 bridgehead atoms. The fraction of sp³-hybridized carbons (Fsp3) is 0.318. The minimum absolute atomic E-state index is 0. The lowest BCUT2D eigenvalue weighted by atomic mass is 9.63. The van der Waals surface area contributed by atoms with Gasteiger partial charge < -0.3 is 4.57 Å². The molecule has 2 aromatic rings. The molecular weight excluding hydrogens is 328 g/mol. The summed E-state index contributed by atoms with van der Waals surface area (Å²) in [6.45, 7) is 7.28. The number of hydrogen-bond donors (Lipinski definition) is 0. The van der Waals surface area contributed by atoms with Crippen LogP contribution in [-0.2, 0) is 6.54 Å². The van der Waals surface area contributed by atoms with Crippen molar-refractivity contribution in [3.05, 3.63) is 91.1 Å². The Labute approximate surface area is 157 Å². The van der Waals surface area contributed by atoms with Crippen molar-refractivity contribution in [3.63, 3.8) is 0 Å². The van der Waals surface area contributed by atoms with Gasteiger partial charge in [-0.25, -0.2) is 4.98 Å². The van der Waals surface area contributed by atoms with Crippen molar-refractivity contribution in [3.8, 4) is 0 Å². The van der Waals surface area contributed by atoms with Crippen LogP contribution in [0, 0.1) is 5.41 Å². The van der Waals surface area contributed by atoms with Gasteiger partial charge in [0, 0.05) is 30.3 Å². The molecule has 0 saturated heterocycles. The number of hydrogen-bond acceptors (Lipinski definition) is 1. The average Bonchev–Trinajstić information content (AvgIpc) is 3.13. The van der Waals surface area contributed by atoms with Gasteiger partial charge in [-0.2, -0.15) is 0 Å². The number of aromatic nitrogens is 2. The van der Waals surface area contributed by atoms with E-state index in [1.165, 1.54) is 24.0 Å². The van der Waals surface area contributed by atoms with Crippen molar-refractivity contribution in [1.82, 2.24) is 9.55 Å². The molecule has 2 atom stereocenters. The maximum atomic E-state index is 4.24. The molecular formula is C22H27ClN2. The van der Waals surface area contributed by atoms with E-state index in [4.69, 9.17) is 0 Å². The first-order valence-electron chi connectivity index (χ1n) is 8.81. The molecule has 25 heavy (non-hydrogen) atoms. The lowest BCUT2D eigenvalue weighted by Crippen LogP contribution is -2.34. The number of halogens is 1. The summed E-state index contributed by atoms with van der Waals surface area (Å²) in [4.78, 5) is 4.24. The number of imidazole rings is 1. The maximum absolute atomic E-state index is 4.24. The van der Waals surface area contributed by atoms with Gasteiger partial charge in [0.25, 0.3) is 0 Å². The molecule has 3 rings (SSSR count). The maximum Gasteiger partial charge on any atom is 0.0946 e. The van der Waals surface area contributed by atoms with Crippen molar-refractivity contribution < 1.29 is 0 Å². The Morgan fingerprint density at radius 3 is 2.72 bits per heavy atom. The first-order valence-corrected chi connectivity index (χ1v) is 8.81. The molecule has 0 spiro atoms. The molecule has 0 saturated carbocycles. The second kappa shape index (κ2) is 8.87. The summed E-state index contributed by atoms with van der Waals surface area (Å²) in [7, 11) is 0. The summed E-state index contributed by atoms with van der Waals surface area (Å²) in [5.41, 5.74) is 2.72. The van der Waals surface area contributed by atoms with Gasteiger partial charge >= 0.3 is 0 Å². The van der Waals surface area contributed by atoms with Gasteiger partial charge in [-0.3, -0.25) is 0 Å². The van der Waals surface area contributed by atoms with E-state index < -0.39 is 0 Å². The summed E-state index contributed by atoms with van der Waals surface area (Å²) < 4.78 is 2.21. The molecule has 2 unspecified atom stereocenters. The molecule has 1 aliphatic rings. The standard InChI is InChI=1S/C22H26N2.ClH/c1-3-5-13-22(17-24-16-15-23-18-24)14-9-12-19(4-2)21(22)20-10-7-6-8-11-20;/h4,6-12,14-16,18,21H,2-3,5,13,17H2,1H3;1H. The summed E-state index contributed by atoms with van der Waals surface area (Å²) >= 11 is 0. The van der Waals surface area contributed by atoms with Crippen LogP contribution in [0.3, 0.4) is 0 Å². The lowest BCUT2D eigenvalue weighted by molar-refractivity contribution is 0.249. The van der Waals surface area contributed by atoms with Gasteiger partial charge in [0.05, 0.1) is 6.33 Å². The zero-order valence-corrected chi connectivity index (χ0v) is 15.7. The zero-order chi connectivity index (χ0) is 16.8. The minimum atomic E-state index is 0. The lowest BCUT2D eigenvalue weighted by Gasteiger charge is -2.42. The molecule has 0 radical (unpaired) electrons. The molecule has 2 nitrogen and oxygen atoms in total. The second-order valence-electron chi connectivity index (χ2n) is 6.65. The number of unbranched alkanes of at least 4 members (excludes halogenated alkanes) is 1. The largest absolute Gasteiger partial charge is 0.337 e. The van der Waals surface area contributed by atoms with E-state index in [2.05, 4.69) is 77.8 Å². The van der Waals surface area contributed by atoms with Crippen LogP contribution in [0.4, 0.5) is 0 Å². The quantitative estimate of drug-likeness (QED) is 0.601. The smallest absolute Gasteiger partial charge is 0.0946 e. The molecule has 0 N–H and O–H groups in total. The molecule has 0 fully saturated rings. The molecule has 0 amide bonds. The Bertz CT molecular complexity index is 716. The van der Waals surface area contributed by atoms with Crippen LogP contribution in [0.25, 0.3) is 0 Å². The van der Waals surface area contributed by atoms with Gasteiger partial charge in [-0.1, -0.05) is 81.0 Å². The molecule has 1 aliphatic carbocycles. The molecule has 3 heteroatoms. The summed E-state index contributed by atoms with van der Waals surface area (Å²) in [6.07, 6.45) is 18.3. The van der Waals surface area contributed by atoms with E-state index in [-0.39, 0.29) is 17.8 Å². The van der Waals surface area contributed by atoms with Gasteiger partial charge in [0.15, 0.2) is 0 Å². The average molecular weight is 355 g/mol. The third-order valence-electron chi connectivity index (χ3n) is 5.03. The Morgan fingerprint density at radius 1 is 1.28 bits per heavy atom. The fourth-order valence-corrected chi connectivity index (χ4v) is 3.91. The topological polar surface area (TPSA) is 17.8 Å². The van der Waals surface area contributed by atoms with E-state index >= 15 is 0 Å². The van der Waals surface area contributed by atoms with Gasteiger partial charge in [-0.05, 0) is 17.6 Å². The Balaban J connectivity index is 0.00000225. The van der Waals surface area contributed by atoms with Crippen LogP contribution < -0.4 is 0 Å². The number of allylic oxidation sites excluding steroid dienone is 5. The van der Waals surface area contributed by atoms with Crippen molar-refractivity contribution in [1.29, 1.82) is 0 Å². The summed E-state index contributed by atoms with van der Waals surface area (Å²) in [5.74, 6) is 0.329. The summed E-state index contributed by atoms with van der Waals surface area (Å²) in [5, 5.41) is 0. The molecule has 132 valence electrons. The summed E-state index contributed by atoms with van der Waals surface area (Å²) in [6, 6.07) is 10.8. The minimum Gasteiger partial charge on any atom is -0.337 e. The van der Waals surface area contributed by atoms with Crippen LogP contribution in [0.5, 0.6) is 0 Å². The highest BCUT2D eigenvalue weighted by atomic mass is 35.5. The van der Waals surface area contributed by atoms with Crippen LogP contribution in [0.15, 0.2) is 85.5 Å². The molecule has 1 aromatic carbocycles. The third-order valence-corrected chi connectivity index (χ3v) is 5.03. The van der Waals surface area contributed by atoms with Crippen LogP contribution in [0.1, 0.15) is 37.7 Å². The van der Waals surface area contributed by atoms with E-state index in [0.29, 0.717) is 5.92 Å². The predicted octanol–water partition coefficient (Wildman–Crippen LogP) is 5.95. The van der Waals surface area contributed by atoms with E-state index in [1.807, 2.05) is 18.6 Å². The van der Waals surface area contributed by atoms with Crippen LogP contribution >= 0.6 is 12.4 Å². The van der Waals surface area contributed by atoms with Crippen LogP contribution in [-0.4, -0.2) is 9.55 Å². The van der Waals surface area contributed by atoms with Crippen LogP contribution in [0.2, 0.25) is 0 Å². The highest BCUT2D eigenvalue weighted by Crippen LogP contribution is 2.49. The monoisotopic (exact) mass is 354 g/mol. The van der Waals surface area contributed by atoms with Gasteiger partial charge in [0.2, 0.25) is 0 Å². The van der Waals surface area contributed by atoms with Crippen molar-refractivity contribution in [2.24, 2.45) is 5.41 Å². The number of benzene rings is 1. The molecule has 1 heterocycles. The Hall–Kier alpha value is -2.06. The van der Waals surface area contributed by atoms with E-state index in [9.17, 15) is 0 Å². The Morgan fingerprint density at radius 2 is 2.08 bits per heavy atom. The third kappa shape index (κ3) is 4.13. The molecule has 1 aromatic heterocycles.